The zero-order valence-corrected chi connectivity index (χ0v) is 15.4. The predicted octanol–water partition coefficient (Wildman–Crippen LogP) is 2.96. The number of aliphatic hydroxyl groups is 1. The Morgan fingerprint density at radius 1 is 1.10 bits per heavy atom. The lowest BCUT2D eigenvalue weighted by atomic mass is 10.2. The Morgan fingerprint density at radius 3 is 2.86 bits per heavy atom. The summed E-state index contributed by atoms with van der Waals surface area (Å²) in [4.78, 5) is 10.4. The number of imidazole rings is 1. The van der Waals surface area contributed by atoms with Crippen LogP contribution in [0.25, 0.3) is 22.4 Å². The first kappa shape index (κ1) is 17.1. The molecule has 0 aliphatic heterocycles. The number of benzene rings is 2. The van der Waals surface area contributed by atoms with Gasteiger partial charge in [0.15, 0.2) is 11.6 Å². The number of hydrogen-bond acceptors (Lipinski definition) is 6. The molecule has 0 saturated heterocycles. The monoisotopic (exact) mass is 387 g/mol. The summed E-state index contributed by atoms with van der Waals surface area (Å²) in [6.45, 7) is 0. The summed E-state index contributed by atoms with van der Waals surface area (Å²) in [5, 5.41) is 22.8. The van der Waals surface area contributed by atoms with E-state index in [1.807, 2.05) is 42.5 Å². The molecular formula is C20H17N7O2. The lowest BCUT2D eigenvalue weighted by Gasteiger charge is -2.07. The summed E-state index contributed by atoms with van der Waals surface area (Å²) in [7, 11) is 1.79. The molecule has 9 heteroatoms. The van der Waals surface area contributed by atoms with Crippen LogP contribution in [-0.2, 0) is 7.05 Å². The molecule has 1 atom stereocenters. The first-order valence-electron chi connectivity index (χ1n) is 8.96. The van der Waals surface area contributed by atoms with Crippen LogP contribution in [0.3, 0.4) is 0 Å². The maximum Gasteiger partial charge on any atom is 0.164 e. The van der Waals surface area contributed by atoms with Gasteiger partial charge < -0.3 is 19.8 Å². The van der Waals surface area contributed by atoms with Crippen LogP contribution >= 0.6 is 0 Å². The van der Waals surface area contributed by atoms with E-state index in [0.717, 1.165) is 16.6 Å². The molecule has 5 rings (SSSR count). The molecule has 0 bridgehead atoms. The summed E-state index contributed by atoms with van der Waals surface area (Å²) < 4.78 is 7.59. The zero-order valence-electron chi connectivity index (χ0n) is 15.4. The van der Waals surface area contributed by atoms with E-state index in [1.54, 1.807) is 30.5 Å². The Balaban J connectivity index is 1.39. The van der Waals surface area contributed by atoms with Crippen LogP contribution in [-0.4, -0.2) is 40.0 Å². The van der Waals surface area contributed by atoms with Gasteiger partial charge in [-0.15, -0.1) is 10.2 Å². The van der Waals surface area contributed by atoms with E-state index in [4.69, 9.17) is 4.74 Å². The summed E-state index contributed by atoms with van der Waals surface area (Å²) >= 11 is 0. The maximum atomic E-state index is 10.5. The lowest BCUT2D eigenvalue weighted by molar-refractivity contribution is 0.210. The number of aromatic amines is 2. The molecule has 9 nitrogen and oxygen atoms in total. The smallest absolute Gasteiger partial charge is 0.164 e. The molecule has 0 fully saturated rings. The van der Waals surface area contributed by atoms with Crippen molar-refractivity contribution >= 4 is 11.0 Å². The Hall–Kier alpha value is -3.98. The molecule has 1 unspecified atom stereocenters. The van der Waals surface area contributed by atoms with Gasteiger partial charge in [0.25, 0.3) is 0 Å². The highest BCUT2D eigenvalue weighted by atomic mass is 16.5. The SMILES string of the molecule is Cn1cc(C(O)c2nnc(-c3cccc(Oc4ccc5[nH]cnc5c4)c3)[nH]2)cn1. The molecule has 5 aromatic rings. The third-order valence-electron chi connectivity index (χ3n) is 4.54. The van der Waals surface area contributed by atoms with Crippen LogP contribution in [0.1, 0.15) is 17.5 Å². The van der Waals surface area contributed by atoms with Crippen LogP contribution < -0.4 is 4.74 Å². The molecule has 0 radical (unpaired) electrons. The molecule has 0 aliphatic carbocycles. The molecule has 29 heavy (non-hydrogen) atoms. The minimum atomic E-state index is -0.926. The van der Waals surface area contributed by atoms with Crippen molar-refractivity contribution in [1.82, 2.24) is 34.9 Å². The van der Waals surface area contributed by atoms with Crippen LogP contribution in [0.4, 0.5) is 0 Å². The first-order chi connectivity index (χ1) is 14.2. The Bertz CT molecular complexity index is 1290. The number of nitrogens with one attached hydrogen (secondary N) is 2. The molecule has 2 aromatic carbocycles. The number of fused-ring (bicyclic) bond motifs is 1. The van der Waals surface area contributed by atoms with Gasteiger partial charge in [-0.25, -0.2) is 4.98 Å². The second-order valence-electron chi connectivity index (χ2n) is 6.62. The molecule has 0 aliphatic rings. The minimum Gasteiger partial charge on any atom is -0.457 e. The maximum absolute atomic E-state index is 10.5. The number of ether oxygens (including phenoxy) is 1. The standard InChI is InChI=1S/C20H17N7O2/c1-27-10-13(9-23-27)18(28)20-24-19(25-26-20)12-3-2-4-14(7-12)29-15-5-6-16-17(8-15)22-11-21-16/h2-11,18,28H,1H3,(H,21,22)(H,24,25,26). The third-order valence-corrected chi connectivity index (χ3v) is 4.54. The quantitative estimate of drug-likeness (QED) is 0.427. The van der Waals surface area contributed by atoms with Crippen LogP contribution in [0, 0.1) is 0 Å². The average molecular weight is 387 g/mol. The number of aryl methyl sites for hydroxylation is 1. The van der Waals surface area contributed by atoms with Gasteiger partial charge in [-0.1, -0.05) is 12.1 Å². The fourth-order valence-electron chi connectivity index (χ4n) is 3.09. The van der Waals surface area contributed by atoms with E-state index in [0.29, 0.717) is 28.7 Å². The van der Waals surface area contributed by atoms with Gasteiger partial charge in [-0.05, 0) is 24.3 Å². The van der Waals surface area contributed by atoms with E-state index in [1.165, 1.54) is 0 Å². The molecule has 0 spiro atoms. The van der Waals surface area contributed by atoms with E-state index in [9.17, 15) is 5.11 Å². The summed E-state index contributed by atoms with van der Waals surface area (Å²) in [5.41, 5.74) is 3.22. The Labute approximate surface area is 165 Å². The van der Waals surface area contributed by atoms with Crippen LogP contribution in [0.5, 0.6) is 11.5 Å². The van der Waals surface area contributed by atoms with Crippen molar-refractivity contribution < 1.29 is 9.84 Å². The van der Waals surface area contributed by atoms with Crippen molar-refractivity contribution in [2.24, 2.45) is 7.05 Å². The van der Waals surface area contributed by atoms with Gasteiger partial charge in [0.05, 0.1) is 23.6 Å². The highest BCUT2D eigenvalue weighted by Gasteiger charge is 2.17. The van der Waals surface area contributed by atoms with Crippen LogP contribution in [0.2, 0.25) is 0 Å². The van der Waals surface area contributed by atoms with E-state index in [-0.39, 0.29) is 0 Å². The van der Waals surface area contributed by atoms with Crippen molar-refractivity contribution in [2.75, 3.05) is 0 Å². The Morgan fingerprint density at radius 2 is 2.00 bits per heavy atom. The summed E-state index contributed by atoms with van der Waals surface area (Å²) in [6.07, 6.45) is 4.05. The van der Waals surface area contributed by atoms with Crippen LogP contribution in [0.15, 0.2) is 61.2 Å². The number of aromatic nitrogens is 7. The molecule has 144 valence electrons. The lowest BCUT2D eigenvalue weighted by Crippen LogP contribution is -2.01. The van der Waals surface area contributed by atoms with E-state index < -0.39 is 6.10 Å². The van der Waals surface area contributed by atoms with E-state index in [2.05, 4.69) is 30.2 Å². The number of nitrogens with zero attached hydrogens (tertiary/aromatic N) is 5. The number of aliphatic hydroxyl groups excluding tert-OH is 1. The summed E-state index contributed by atoms with van der Waals surface area (Å²) in [5.74, 6) is 2.23. The van der Waals surface area contributed by atoms with Gasteiger partial charge >= 0.3 is 0 Å². The first-order valence-corrected chi connectivity index (χ1v) is 8.96. The zero-order chi connectivity index (χ0) is 19.8. The second kappa shape index (κ2) is 6.88. The van der Waals surface area contributed by atoms with Crippen molar-refractivity contribution in [3.63, 3.8) is 0 Å². The largest absolute Gasteiger partial charge is 0.457 e. The molecular weight excluding hydrogens is 370 g/mol. The fourth-order valence-corrected chi connectivity index (χ4v) is 3.09. The topological polar surface area (TPSA) is 118 Å². The molecule has 0 saturated carbocycles. The van der Waals surface area contributed by atoms with Gasteiger partial charge in [-0.2, -0.15) is 5.10 Å². The third kappa shape index (κ3) is 3.34. The van der Waals surface area contributed by atoms with E-state index >= 15 is 0 Å². The predicted molar refractivity (Wildman–Crippen MR) is 105 cm³/mol. The van der Waals surface area contributed by atoms with Gasteiger partial charge in [0.2, 0.25) is 0 Å². The normalized spacial score (nSPS) is 12.3. The number of hydrogen-bond donors (Lipinski definition) is 3. The van der Waals surface area contributed by atoms with Crippen molar-refractivity contribution in [3.8, 4) is 22.9 Å². The highest BCUT2D eigenvalue weighted by molar-refractivity contribution is 5.76. The number of H-pyrrole nitrogens is 2. The number of rotatable bonds is 5. The molecule has 3 aromatic heterocycles. The molecule has 0 amide bonds. The second-order valence-corrected chi connectivity index (χ2v) is 6.62. The van der Waals surface area contributed by atoms with Gasteiger partial charge in [0, 0.05) is 30.4 Å². The van der Waals surface area contributed by atoms with Crippen molar-refractivity contribution in [2.45, 2.75) is 6.10 Å². The van der Waals surface area contributed by atoms with Crippen molar-refractivity contribution in [3.05, 3.63) is 72.6 Å². The van der Waals surface area contributed by atoms with Gasteiger partial charge in [0.1, 0.15) is 17.6 Å². The molecule has 3 heterocycles. The summed E-state index contributed by atoms with van der Waals surface area (Å²) in [6, 6.07) is 13.2. The average Bonchev–Trinajstić information content (AvgIpc) is 3.48. The van der Waals surface area contributed by atoms with Crippen molar-refractivity contribution in [1.29, 1.82) is 0 Å². The minimum absolute atomic E-state index is 0.350. The fraction of sp³-hybridized carbons (Fsp3) is 0.100. The Kier molecular flexibility index (Phi) is 4.07. The van der Waals surface area contributed by atoms with Gasteiger partial charge in [-0.3, -0.25) is 4.68 Å². The highest BCUT2D eigenvalue weighted by Crippen LogP contribution is 2.28. The molecule has 3 N–H and O–H groups in total.